The molecule has 0 saturated carbocycles. The third kappa shape index (κ3) is 2.21. The summed E-state index contributed by atoms with van der Waals surface area (Å²) >= 11 is 0. The van der Waals surface area contributed by atoms with Gasteiger partial charge in [0.25, 0.3) is 0 Å². The Hall–Kier alpha value is -0.690. The van der Waals surface area contributed by atoms with Crippen LogP contribution < -0.4 is 10.6 Å². The van der Waals surface area contributed by atoms with Gasteiger partial charge in [-0.05, 0) is 0 Å². The highest BCUT2D eigenvalue weighted by Crippen LogP contribution is 2.16. The molecule has 6 heteroatoms. The molecular formula is C8H16N2O4. The molecule has 82 valence electrons. The normalized spacial score (nSPS) is 37.1. The number of hydrogen-bond acceptors (Lipinski definition) is 5. The molecule has 1 fully saturated rings. The topological polar surface area (TPSA) is 102 Å². The van der Waals surface area contributed by atoms with Crippen LogP contribution in [-0.2, 0) is 4.79 Å². The smallest absolute Gasteiger partial charge is 0.221 e. The zero-order chi connectivity index (χ0) is 10.7. The van der Waals surface area contributed by atoms with Gasteiger partial charge in [0.05, 0.1) is 24.9 Å². The molecule has 0 aromatic heterocycles. The molecule has 14 heavy (non-hydrogen) atoms. The molecule has 0 aliphatic carbocycles. The maximum Gasteiger partial charge on any atom is 0.221 e. The second kappa shape index (κ2) is 4.70. The molecule has 1 rings (SSSR count). The fraction of sp³-hybridized carbons (Fsp3) is 0.875. The Morgan fingerprint density at radius 2 is 1.93 bits per heavy atom. The zero-order valence-electron chi connectivity index (χ0n) is 7.97. The van der Waals surface area contributed by atoms with Gasteiger partial charge in [0.1, 0.15) is 0 Å². The van der Waals surface area contributed by atoms with Gasteiger partial charge in [0.15, 0.2) is 0 Å². The maximum atomic E-state index is 11.0. The lowest BCUT2D eigenvalue weighted by molar-refractivity contribution is -0.121. The maximum absolute atomic E-state index is 11.0. The molecule has 0 spiro atoms. The molecule has 0 unspecified atom stereocenters. The fourth-order valence-corrected chi connectivity index (χ4v) is 1.59. The lowest BCUT2D eigenvalue weighted by Crippen LogP contribution is -2.38. The summed E-state index contributed by atoms with van der Waals surface area (Å²) < 4.78 is 0. The minimum absolute atomic E-state index is 0.0885. The summed E-state index contributed by atoms with van der Waals surface area (Å²) in [4.78, 5) is 11.0. The van der Waals surface area contributed by atoms with E-state index in [1.807, 2.05) is 0 Å². The number of amides is 1. The molecule has 4 atom stereocenters. The molecule has 1 aliphatic heterocycles. The Bertz CT molecular complexity index is 212. The standard InChI is InChI=1S/C8H16N2O4/c1-9-6(12)2-4-7(13)8(14)5(3-11)10-4/h4-5,7-8,10-11,13-14H,2-3H2,1H3,(H,9,12)/t4-,5+,7+,8+/m0/s1. The zero-order valence-corrected chi connectivity index (χ0v) is 7.97. The lowest BCUT2D eigenvalue weighted by Gasteiger charge is -2.14. The summed E-state index contributed by atoms with van der Waals surface area (Å²) in [5.74, 6) is -0.215. The average Bonchev–Trinajstić information content (AvgIpc) is 2.45. The first-order valence-corrected chi connectivity index (χ1v) is 4.53. The Balaban J connectivity index is 2.52. The Kier molecular flexibility index (Phi) is 3.82. The lowest BCUT2D eigenvalue weighted by atomic mass is 10.1. The van der Waals surface area contributed by atoms with Crippen molar-refractivity contribution in [2.75, 3.05) is 13.7 Å². The highest BCUT2D eigenvalue weighted by Gasteiger charge is 2.41. The first kappa shape index (κ1) is 11.4. The number of nitrogens with one attached hydrogen (secondary N) is 2. The Morgan fingerprint density at radius 3 is 2.36 bits per heavy atom. The predicted octanol–water partition coefficient (Wildman–Crippen LogP) is -2.82. The molecule has 0 radical (unpaired) electrons. The number of hydrogen-bond donors (Lipinski definition) is 5. The third-order valence-electron chi connectivity index (χ3n) is 2.48. The summed E-state index contributed by atoms with van der Waals surface area (Å²) in [6.45, 7) is -0.261. The monoisotopic (exact) mass is 204 g/mol. The van der Waals surface area contributed by atoms with E-state index in [4.69, 9.17) is 5.11 Å². The van der Waals surface area contributed by atoms with Crippen molar-refractivity contribution in [3.05, 3.63) is 0 Å². The van der Waals surface area contributed by atoms with Gasteiger partial charge in [-0.25, -0.2) is 0 Å². The van der Waals surface area contributed by atoms with Crippen LogP contribution in [0.2, 0.25) is 0 Å². The van der Waals surface area contributed by atoms with E-state index < -0.39 is 24.3 Å². The first-order chi connectivity index (χ1) is 6.60. The van der Waals surface area contributed by atoms with Crippen LogP contribution in [0.25, 0.3) is 0 Å². The van der Waals surface area contributed by atoms with E-state index in [0.29, 0.717) is 0 Å². The largest absolute Gasteiger partial charge is 0.395 e. The van der Waals surface area contributed by atoms with E-state index in [2.05, 4.69) is 10.6 Å². The van der Waals surface area contributed by atoms with E-state index in [1.54, 1.807) is 0 Å². The van der Waals surface area contributed by atoms with E-state index in [-0.39, 0.29) is 18.9 Å². The van der Waals surface area contributed by atoms with Crippen LogP contribution in [0.5, 0.6) is 0 Å². The number of carbonyl (C=O) groups is 1. The van der Waals surface area contributed by atoms with Crippen molar-refractivity contribution in [1.29, 1.82) is 0 Å². The van der Waals surface area contributed by atoms with Crippen LogP contribution in [0.4, 0.5) is 0 Å². The molecule has 0 aromatic rings. The molecular weight excluding hydrogens is 188 g/mol. The minimum atomic E-state index is -1.02. The molecule has 6 nitrogen and oxygen atoms in total. The molecule has 0 aromatic carbocycles. The van der Waals surface area contributed by atoms with Crippen molar-refractivity contribution in [2.45, 2.75) is 30.7 Å². The fourth-order valence-electron chi connectivity index (χ4n) is 1.59. The second-order valence-corrected chi connectivity index (χ2v) is 3.42. The summed E-state index contributed by atoms with van der Waals surface area (Å²) in [6, 6.07) is -1.05. The van der Waals surface area contributed by atoms with Gasteiger partial charge in [-0.15, -0.1) is 0 Å². The highest BCUT2D eigenvalue weighted by atomic mass is 16.3. The summed E-state index contributed by atoms with van der Waals surface area (Å²) in [7, 11) is 1.50. The van der Waals surface area contributed by atoms with Gasteiger partial charge in [0.2, 0.25) is 5.91 Å². The van der Waals surface area contributed by atoms with E-state index in [9.17, 15) is 15.0 Å². The summed E-state index contributed by atoms with van der Waals surface area (Å²) in [5, 5.41) is 33.0. The van der Waals surface area contributed by atoms with Crippen LogP contribution in [0.3, 0.4) is 0 Å². The molecule has 1 aliphatic rings. The van der Waals surface area contributed by atoms with Crippen molar-refractivity contribution in [2.24, 2.45) is 0 Å². The van der Waals surface area contributed by atoms with Gasteiger partial charge in [-0.1, -0.05) is 0 Å². The van der Waals surface area contributed by atoms with Crippen LogP contribution in [0, 0.1) is 0 Å². The molecule has 5 N–H and O–H groups in total. The van der Waals surface area contributed by atoms with E-state index in [0.717, 1.165) is 0 Å². The summed E-state index contributed by atoms with van der Waals surface area (Å²) in [6.07, 6.45) is -1.94. The SMILES string of the molecule is CNC(=O)C[C@@H]1N[C@H](CO)[C@@H](O)[C@@H]1O. The van der Waals surface area contributed by atoms with Crippen molar-refractivity contribution in [1.82, 2.24) is 10.6 Å². The van der Waals surface area contributed by atoms with E-state index >= 15 is 0 Å². The molecule has 1 heterocycles. The van der Waals surface area contributed by atoms with Crippen LogP contribution in [0.1, 0.15) is 6.42 Å². The van der Waals surface area contributed by atoms with Crippen molar-refractivity contribution >= 4 is 5.91 Å². The van der Waals surface area contributed by atoms with Crippen molar-refractivity contribution in [3.8, 4) is 0 Å². The average molecular weight is 204 g/mol. The number of aliphatic hydroxyl groups is 3. The van der Waals surface area contributed by atoms with Gasteiger partial charge in [-0.2, -0.15) is 0 Å². The quantitative estimate of drug-likeness (QED) is 0.341. The number of carbonyl (C=O) groups excluding carboxylic acids is 1. The van der Waals surface area contributed by atoms with Crippen LogP contribution in [0.15, 0.2) is 0 Å². The number of rotatable bonds is 3. The Labute approximate surface area is 81.9 Å². The van der Waals surface area contributed by atoms with E-state index in [1.165, 1.54) is 7.05 Å². The third-order valence-corrected chi connectivity index (χ3v) is 2.48. The molecule has 1 amide bonds. The van der Waals surface area contributed by atoms with Crippen molar-refractivity contribution < 1.29 is 20.1 Å². The van der Waals surface area contributed by atoms with Crippen LogP contribution in [-0.4, -0.2) is 59.2 Å². The van der Waals surface area contributed by atoms with Gasteiger partial charge >= 0.3 is 0 Å². The Morgan fingerprint density at radius 1 is 1.36 bits per heavy atom. The molecule has 0 bridgehead atoms. The highest BCUT2D eigenvalue weighted by molar-refractivity contribution is 5.76. The summed E-state index contributed by atoms with van der Waals surface area (Å²) in [5.41, 5.74) is 0. The number of aliphatic hydroxyl groups excluding tert-OH is 3. The van der Waals surface area contributed by atoms with Gasteiger partial charge in [-0.3, -0.25) is 4.79 Å². The first-order valence-electron chi connectivity index (χ1n) is 4.53. The second-order valence-electron chi connectivity index (χ2n) is 3.42. The van der Waals surface area contributed by atoms with Gasteiger partial charge in [0, 0.05) is 19.5 Å². The predicted molar refractivity (Wildman–Crippen MR) is 48.5 cm³/mol. The van der Waals surface area contributed by atoms with Crippen molar-refractivity contribution in [3.63, 3.8) is 0 Å². The minimum Gasteiger partial charge on any atom is -0.395 e. The van der Waals surface area contributed by atoms with Gasteiger partial charge < -0.3 is 26.0 Å². The molecule has 1 saturated heterocycles. The van der Waals surface area contributed by atoms with Crippen LogP contribution >= 0.6 is 0 Å².